The Balaban J connectivity index is 2.98. The van der Waals surface area contributed by atoms with Crippen molar-refractivity contribution in [1.82, 2.24) is 0 Å². The van der Waals surface area contributed by atoms with Crippen LogP contribution in [-0.4, -0.2) is 33.5 Å². The largest absolute Gasteiger partial charge is 0.478 e. The van der Waals surface area contributed by atoms with Gasteiger partial charge in [0.15, 0.2) is 0 Å². The number of aliphatic hydroxyl groups excluding tert-OH is 1. The van der Waals surface area contributed by atoms with E-state index in [1.54, 1.807) is 0 Å². The molecule has 0 amide bonds. The molecule has 0 aromatic heterocycles. The smallest absolute Gasteiger partial charge is 0.371 e. The maximum Gasteiger partial charge on any atom is 0.371 e. The Labute approximate surface area is 72.4 Å². The van der Waals surface area contributed by atoms with Gasteiger partial charge in [0.1, 0.15) is 0 Å². The van der Waals surface area contributed by atoms with Crippen molar-refractivity contribution in [3.8, 4) is 0 Å². The van der Waals surface area contributed by atoms with Crippen LogP contribution in [0.2, 0.25) is 0 Å². The molecule has 1 atom stereocenters. The van der Waals surface area contributed by atoms with Crippen molar-refractivity contribution in [1.29, 1.82) is 0 Å². The van der Waals surface area contributed by atoms with Crippen LogP contribution < -0.4 is 0 Å². The third-order valence-electron chi connectivity index (χ3n) is 1.31. The Kier molecular flexibility index (Phi) is 2.34. The lowest BCUT2D eigenvalue weighted by atomic mass is 10.2. The lowest BCUT2D eigenvalue weighted by molar-refractivity contribution is -0.141. The first-order chi connectivity index (χ1) is 6.00. The van der Waals surface area contributed by atoms with E-state index in [-0.39, 0.29) is 5.57 Å². The fourth-order valence-electron chi connectivity index (χ4n) is 0.786. The average Bonchev–Trinajstić information content (AvgIpc) is 2.03. The van der Waals surface area contributed by atoms with Gasteiger partial charge >= 0.3 is 11.9 Å². The first kappa shape index (κ1) is 9.27. The van der Waals surface area contributed by atoms with Gasteiger partial charge in [-0.15, -0.1) is 0 Å². The van der Waals surface area contributed by atoms with Crippen LogP contribution in [0.4, 0.5) is 0 Å². The van der Waals surface area contributed by atoms with Gasteiger partial charge in [0.25, 0.3) is 0 Å². The first-order valence-corrected chi connectivity index (χ1v) is 3.25. The quantitative estimate of drug-likeness (QED) is 0.527. The molecular formula is C7H6O6. The van der Waals surface area contributed by atoms with Crippen LogP contribution in [0.1, 0.15) is 0 Å². The molecule has 0 bridgehead atoms. The number of aliphatic hydroxyl groups is 1. The van der Waals surface area contributed by atoms with Crippen molar-refractivity contribution in [3.63, 3.8) is 0 Å². The lowest BCUT2D eigenvalue weighted by Crippen LogP contribution is -2.20. The molecule has 3 N–H and O–H groups in total. The number of hydrogen-bond donors (Lipinski definition) is 3. The van der Waals surface area contributed by atoms with Gasteiger partial charge in [-0.2, -0.15) is 0 Å². The van der Waals surface area contributed by atoms with Crippen LogP contribution in [0, 0.1) is 0 Å². The van der Waals surface area contributed by atoms with Crippen LogP contribution in [0.25, 0.3) is 0 Å². The number of hydrogen-bond acceptors (Lipinski definition) is 4. The maximum absolute atomic E-state index is 10.4. The highest BCUT2D eigenvalue weighted by Crippen LogP contribution is 2.15. The molecule has 1 heterocycles. The molecule has 13 heavy (non-hydrogen) atoms. The molecule has 0 saturated heterocycles. The summed E-state index contributed by atoms with van der Waals surface area (Å²) in [7, 11) is 0. The number of carboxylic acids is 2. The van der Waals surface area contributed by atoms with Gasteiger partial charge < -0.3 is 20.1 Å². The number of aliphatic carboxylic acids is 2. The van der Waals surface area contributed by atoms with Crippen LogP contribution in [0.5, 0.6) is 0 Å². The molecule has 6 nitrogen and oxygen atoms in total. The molecule has 0 aliphatic carbocycles. The minimum atomic E-state index is -1.53. The third kappa shape index (κ3) is 2.06. The van der Waals surface area contributed by atoms with Gasteiger partial charge in [-0.05, 0) is 6.08 Å². The molecule has 0 radical (unpaired) electrons. The van der Waals surface area contributed by atoms with E-state index >= 15 is 0 Å². The van der Waals surface area contributed by atoms with Gasteiger partial charge in [-0.1, -0.05) is 0 Å². The summed E-state index contributed by atoms with van der Waals surface area (Å²) >= 11 is 0. The topological polar surface area (TPSA) is 104 Å². The van der Waals surface area contributed by atoms with E-state index in [9.17, 15) is 9.59 Å². The van der Waals surface area contributed by atoms with Gasteiger partial charge in [0.05, 0.1) is 5.57 Å². The summed E-state index contributed by atoms with van der Waals surface area (Å²) in [5.41, 5.74) is -0.309. The fourth-order valence-corrected chi connectivity index (χ4v) is 0.786. The standard InChI is InChI=1S/C7H6O6/c8-5-2-3(6(9)10)1-4(13-5)7(11)12/h1-2,5,8H,(H,9,10)(H,11,12). The zero-order chi connectivity index (χ0) is 10.0. The normalized spacial score (nSPS) is 21.2. The molecular weight excluding hydrogens is 180 g/mol. The first-order valence-electron chi connectivity index (χ1n) is 3.25. The Morgan fingerprint density at radius 2 is 1.92 bits per heavy atom. The number of rotatable bonds is 2. The molecule has 1 aliphatic heterocycles. The Morgan fingerprint density at radius 1 is 1.31 bits per heavy atom. The number of carbonyl (C=O) groups is 2. The molecule has 0 aromatic carbocycles. The fraction of sp³-hybridized carbons (Fsp3) is 0.143. The molecule has 70 valence electrons. The highest BCUT2D eigenvalue weighted by Gasteiger charge is 2.21. The van der Waals surface area contributed by atoms with E-state index < -0.39 is 24.0 Å². The molecule has 0 fully saturated rings. The summed E-state index contributed by atoms with van der Waals surface area (Å²) in [6, 6.07) is 0. The predicted molar refractivity (Wildman–Crippen MR) is 38.5 cm³/mol. The van der Waals surface area contributed by atoms with Crippen LogP contribution in [0.15, 0.2) is 23.5 Å². The van der Waals surface area contributed by atoms with Crippen LogP contribution >= 0.6 is 0 Å². The molecule has 0 saturated carbocycles. The Hall–Kier alpha value is -1.82. The van der Waals surface area contributed by atoms with Crippen molar-refractivity contribution in [2.45, 2.75) is 6.29 Å². The third-order valence-corrected chi connectivity index (χ3v) is 1.31. The van der Waals surface area contributed by atoms with E-state index in [0.717, 1.165) is 12.2 Å². The lowest BCUT2D eigenvalue weighted by Gasteiger charge is -2.15. The maximum atomic E-state index is 10.4. The van der Waals surface area contributed by atoms with E-state index in [0.29, 0.717) is 0 Å². The SMILES string of the molecule is O=C(O)C1=CC(O)OC(C(=O)O)=C1. The predicted octanol–water partition coefficient (Wildman–Crippen LogP) is -0.685. The van der Waals surface area contributed by atoms with Gasteiger partial charge in [0, 0.05) is 6.08 Å². The van der Waals surface area contributed by atoms with Crippen molar-refractivity contribution >= 4 is 11.9 Å². The average molecular weight is 186 g/mol. The van der Waals surface area contributed by atoms with Crippen molar-refractivity contribution < 1.29 is 29.6 Å². The Morgan fingerprint density at radius 3 is 2.38 bits per heavy atom. The summed E-state index contributed by atoms with van der Waals surface area (Å²) < 4.78 is 4.41. The van der Waals surface area contributed by atoms with Crippen LogP contribution in [-0.2, 0) is 14.3 Å². The van der Waals surface area contributed by atoms with Gasteiger partial charge in [-0.25, -0.2) is 9.59 Å². The second-order valence-corrected chi connectivity index (χ2v) is 2.25. The second-order valence-electron chi connectivity index (χ2n) is 2.25. The van der Waals surface area contributed by atoms with Crippen molar-refractivity contribution in [2.75, 3.05) is 0 Å². The molecule has 6 heteroatoms. The Bertz CT molecular complexity index is 313. The molecule has 1 aliphatic rings. The van der Waals surface area contributed by atoms with Crippen molar-refractivity contribution in [2.24, 2.45) is 0 Å². The van der Waals surface area contributed by atoms with Crippen LogP contribution in [0.3, 0.4) is 0 Å². The van der Waals surface area contributed by atoms with E-state index in [4.69, 9.17) is 15.3 Å². The zero-order valence-electron chi connectivity index (χ0n) is 6.30. The molecule has 0 aromatic rings. The zero-order valence-corrected chi connectivity index (χ0v) is 6.30. The molecule has 0 spiro atoms. The number of carboxylic acid groups (broad SMARTS) is 2. The summed E-state index contributed by atoms with van der Waals surface area (Å²) in [6.07, 6.45) is 0.203. The summed E-state index contributed by atoms with van der Waals surface area (Å²) in [6.45, 7) is 0. The van der Waals surface area contributed by atoms with E-state index in [2.05, 4.69) is 4.74 Å². The minimum Gasteiger partial charge on any atom is -0.478 e. The monoisotopic (exact) mass is 186 g/mol. The van der Waals surface area contributed by atoms with E-state index in [1.165, 1.54) is 0 Å². The highest BCUT2D eigenvalue weighted by atomic mass is 16.6. The van der Waals surface area contributed by atoms with Gasteiger partial charge in [0.2, 0.25) is 12.0 Å². The van der Waals surface area contributed by atoms with Crippen molar-refractivity contribution in [3.05, 3.63) is 23.5 Å². The summed E-state index contributed by atoms with van der Waals surface area (Å²) in [5, 5.41) is 25.8. The van der Waals surface area contributed by atoms with Gasteiger partial charge in [-0.3, -0.25) is 0 Å². The second kappa shape index (κ2) is 3.28. The van der Waals surface area contributed by atoms with E-state index in [1.807, 2.05) is 0 Å². The summed E-state index contributed by atoms with van der Waals surface area (Å²) in [4.78, 5) is 20.7. The minimum absolute atomic E-state index is 0.309. The summed E-state index contributed by atoms with van der Waals surface area (Å²) in [5.74, 6) is -3.33. The number of ether oxygens (including phenoxy) is 1. The highest BCUT2D eigenvalue weighted by molar-refractivity contribution is 5.94. The molecule has 1 unspecified atom stereocenters. The molecule has 1 rings (SSSR count).